The highest BCUT2D eigenvalue weighted by Gasteiger charge is 2.22. The van der Waals surface area contributed by atoms with Crippen molar-refractivity contribution in [3.63, 3.8) is 0 Å². The van der Waals surface area contributed by atoms with Gasteiger partial charge >= 0.3 is 0 Å². The molecule has 1 unspecified atom stereocenters. The van der Waals surface area contributed by atoms with Crippen LogP contribution < -0.4 is 5.32 Å². The van der Waals surface area contributed by atoms with Crippen LogP contribution in [0.3, 0.4) is 0 Å². The van der Waals surface area contributed by atoms with Crippen molar-refractivity contribution in [2.24, 2.45) is 13.0 Å². The molecule has 3 heterocycles. The van der Waals surface area contributed by atoms with E-state index in [0.29, 0.717) is 12.0 Å². The molecule has 1 saturated heterocycles. The van der Waals surface area contributed by atoms with E-state index in [1.54, 1.807) is 11.0 Å². The van der Waals surface area contributed by atoms with Crippen molar-refractivity contribution in [2.75, 3.05) is 38.2 Å². The third kappa shape index (κ3) is 3.87. The molecule has 0 aromatic carbocycles. The number of rotatable bonds is 6. The van der Waals surface area contributed by atoms with Gasteiger partial charge in [-0.3, -0.25) is 4.90 Å². The molecular formula is C16H25BrN6O. The Balaban J connectivity index is 1.76. The van der Waals surface area contributed by atoms with E-state index in [1.165, 1.54) is 0 Å². The zero-order chi connectivity index (χ0) is 17.1. The normalized spacial score (nSPS) is 17.5. The van der Waals surface area contributed by atoms with Gasteiger partial charge in [-0.05, 0) is 28.3 Å². The number of aryl methyl sites for hydroxylation is 1. The molecular weight excluding hydrogens is 372 g/mol. The molecule has 0 radical (unpaired) electrons. The Bertz CT molecular complexity index is 683. The quantitative estimate of drug-likeness (QED) is 0.807. The molecule has 7 nitrogen and oxygen atoms in total. The minimum atomic E-state index is 0.467. The van der Waals surface area contributed by atoms with Crippen LogP contribution in [0.2, 0.25) is 0 Å². The Kier molecular flexibility index (Phi) is 5.68. The summed E-state index contributed by atoms with van der Waals surface area (Å²) >= 11 is 3.51. The van der Waals surface area contributed by atoms with Crippen molar-refractivity contribution in [1.29, 1.82) is 0 Å². The van der Waals surface area contributed by atoms with Crippen LogP contribution in [0.1, 0.15) is 20.3 Å². The Labute approximate surface area is 150 Å². The van der Waals surface area contributed by atoms with Crippen molar-refractivity contribution < 1.29 is 4.74 Å². The maximum Gasteiger partial charge on any atom is 0.164 e. The van der Waals surface area contributed by atoms with E-state index < -0.39 is 0 Å². The van der Waals surface area contributed by atoms with Gasteiger partial charge in [-0.2, -0.15) is 5.10 Å². The highest BCUT2D eigenvalue weighted by Crippen LogP contribution is 2.27. The van der Waals surface area contributed by atoms with Crippen LogP contribution in [0, 0.1) is 5.92 Å². The van der Waals surface area contributed by atoms with Gasteiger partial charge in [-0.15, -0.1) is 0 Å². The van der Waals surface area contributed by atoms with Crippen molar-refractivity contribution in [3.8, 4) is 0 Å². The zero-order valence-electron chi connectivity index (χ0n) is 14.5. The minimum absolute atomic E-state index is 0.467. The lowest BCUT2D eigenvalue weighted by atomic mass is 10.0. The molecule has 8 heteroatoms. The van der Waals surface area contributed by atoms with Crippen molar-refractivity contribution in [3.05, 3.63) is 10.9 Å². The van der Waals surface area contributed by atoms with Gasteiger partial charge in [-0.1, -0.05) is 13.8 Å². The second-order valence-electron chi connectivity index (χ2n) is 6.65. The van der Waals surface area contributed by atoms with Crippen molar-refractivity contribution in [1.82, 2.24) is 24.6 Å². The van der Waals surface area contributed by atoms with Gasteiger partial charge < -0.3 is 10.1 Å². The molecule has 0 aliphatic carbocycles. The molecule has 2 aromatic rings. The molecule has 0 saturated carbocycles. The van der Waals surface area contributed by atoms with Gasteiger partial charge in [-0.25, -0.2) is 14.6 Å². The van der Waals surface area contributed by atoms with Gasteiger partial charge in [0.2, 0.25) is 0 Å². The predicted molar refractivity (Wildman–Crippen MR) is 98.1 cm³/mol. The molecule has 132 valence electrons. The third-order valence-electron chi connectivity index (χ3n) is 4.39. The van der Waals surface area contributed by atoms with Crippen LogP contribution in [0.5, 0.6) is 0 Å². The van der Waals surface area contributed by atoms with Crippen LogP contribution in [0.15, 0.2) is 10.9 Å². The van der Waals surface area contributed by atoms with Crippen LogP contribution in [-0.4, -0.2) is 63.5 Å². The molecule has 2 aromatic heterocycles. The number of nitrogens with zero attached hydrogens (tertiary/aromatic N) is 5. The number of halogens is 1. The van der Waals surface area contributed by atoms with Crippen molar-refractivity contribution >= 4 is 32.8 Å². The summed E-state index contributed by atoms with van der Waals surface area (Å²) in [5, 5.41) is 8.84. The molecule has 1 atom stereocenters. The maximum atomic E-state index is 5.49. The van der Waals surface area contributed by atoms with Gasteiger partial charge in [0.15, 0.2) is 5.65 Å². The Hall–Kier alpha value is -1.25. The summed E-state index contributed by atoms with van der Waals surface area (Å²) in [6.45, 7) is 9.03. The first-order chi connectivity index (χ1) is 11.6. The SMILES string of the molecule is CC(C)CC(CNc1ncnc2c1c(Br)nn2C)N1CCOCC1. The minimum Gasteiger partial charge on any atom is -0.379 e. The molecule has 1 aliphatic rings. The number of aromatic nitrogens is 4. The van der Waals surface area contributed by atoms with Crippen molar-refractivity contribution in [2.45, 2.75) is 26.3 Å². The fraction of sp³-hybridized carbons (Fsp3) is 0.688. The number of fused-ring (bicyclic) bond motifs is 1. The molecule has 24 heavy (non-hydrogen) atoms. The third-order valence-corrected chi connectivity index (χ3v) is 4.94. The number of anilines is 1. The largest absolute Gasteiger partial charge is 0.379 e. The molecule has 0 bridgehead atoms. The first-order valence-electron chi connectivity index (χ1n) is 8.45. The van der Waals surface area contributed by atoms with E-state index in [2.05, 4.69) is 55.1 Å². The summed E-state index contributed by atoms with van der Waals surface area (Å²) in [4.78, 5) is 11.3. The summed E-state index contributed by atoms with van der Waals surface area (Å²) in [7, 11) is 1.89. The Morgan fingerprint density at radius 1 is 1.29 bits per heavy atom. The van der Waals surface area contributed by atoms with E-state index in [1.807, 2.05) is 7.05 Å². The number of hydrogen-bond acceptors (Lipinski definition) is 6. The highest BCUT2D eigenvalue weighted by molar-refractivity contribution is 9.10. The zero-order valence-corrected chi connectivity index (χ0v) is 16.1. The average molecular weight is 397 g/mol. The smallest absolute Gasteiger partial charge is 0.164 e. The standard InChI is InChI=1S/C16H25BrN6O/c1-11(2)8-12(23-4-6-24-7-5-23)9-18-15-13-14(17)21-22(3)16(13)20-10-19-15/h10-12H,4-9H2,1-3H3,(H,18,19,20). The molecule has 1 N–H and O–H groups in total. The second-order valence-corrected chi connectivity index (χ2v) is 7.40. The van der Waals surface area contributed by atoms with E-state index >= 15 is 0 Å². The topological polar surface area (TPSA) is 68.1 Å². The van der Waals surface area contributed by atoms with E-state index in [-0.39, 0.29) is 0 Å². The molecule has 3 rings (SSSR count). The summed E-state index contributed by atoms with van der Waals surface area (Å²) < 4.78 is 8.03. The Morgan fingerprint density at radius 2 is 2.04 bits per heavy atom. The van der Waals surface area contributed by atoms with Gasteiger partial charge in [0, 0.05) is 32.7 Å². The molecule has 1 aliphatic heterocycles. The summed E-state index contributed by atoms with van der Waals surface area (Å²) in [5.41, 5.74) is 0.825. The second kappa shape index (κ2) is 7.76. The average Bonchev–Trinajstić information content (AvgIpc) is 2.87. The monoisotopic (exact) mass is 396 g/mol. The van der Waals surface area contributed by atoms with E-state index in [0.717, 1.165) is 60.7 Å². The molecule has 0 spiro atoms. The first-order valence-corrected chi connectivity index (χ1v) is 9.24. The van der Waals surface area contributed by atoms with Crippen LogP contribution in [0.4, 0.5) is 5.82 Å². The summed E-state index contributed by atoms with van der Waals surface area (Å²) in [6, 6.07) is 0.467. The number of morpholine rings is 1. The molecule has 0 amide bonds. The van der Waals surface area contributed by atoms with Gasteiger partial charge in [0.25, 0.3) is 0 Å². The van der Waals surface area contributed by atoms with Crippen LogP contribution >= 0.6 is 15.9 Å². The molecule has 1 fully saturated rings. The van der Waals surface area contributed by atoms with Gasteiger partial charge in [0.05, 0.1) is 18.6 Å². The Morgan fingerprint density at radius 3 is 2.75 bits per heavy atom. The van der Waals surface area contributed by atoms with Crippen LogP contribution in [0.25, 0.3) is 11.0 Å². The highest BCUT2D eigenvalue weighted by atomic mass is 79.9. The van der Waals surface area contributed by atoms with E-state index in [9.17, 15) is 0 Å². The van der Waals surface area contributed by atoms with Crippen LogP contribution in [-0.2, 0) is 11.8 Å². The lowest BCUT2D eigenvalue weighted by molar-refractivity contribution is 0.0150. The first kappa shape index (κ1) is 17.6. The number of nitrogens with one attached hydrogen (secondary N) is 1. The lowest BCUT2D eigenvalue weighted by Gasteiger charge is -2.35. The fourth-order valence-corrected chi connectivity index (χ4v) is 3.84. The predicted octanol–water partition coefficient (Wildman–Crippen LogP) is 2.28. The lowest BCUT2D eigenvalue weighted by Crippen LogP contribution is -2.47. The van der Waals surface area contributed by atoms with E-state index in [4.69, 9.17) is 4.74 Å². The maximum absolute atomic E-state index is 5.49. The number of hydrogen-bond donors (Lipinski definition) is 1. The van der Waals surface area contributed by atoms with Gasteiger partial charge in [0.1, 0.15) is 16.7 Å². The fourth-order valence-electron chi connectivity index (χ4n) is 3.24. The summed E-state index contributed by atoms with van der Waals surface area (Å²) in [5.74, 6) is 1.48. The number of ether oxygens (including phenoxy) is 1. The summed E-state index contributed by atoms with van der Waals surface area (Å²) in [6.07, 6.45) is 2.74.